The Morgan fingerprint density at radius 3 is 2.90 bits per heavy atom. The normalized spacial score (nSPS) is 18.4. The molecule has 2 aromatic rings. The zero-order chi connectivity index (χ0) is 13.9. The number of benzene rings is 1. The fourth-order valence-electron chi connectivity index (χ4n) is 2.87. The second-order valence-electron chi connectivity index (χ2n) is 5.45. The number of nitrogens with one attached hydrogen (secondary N) is 1. The molecule has 1 amide bonds. The van der Waals surface area contributed by atoms with E-state index in [4.69, 9.17) is 0 Å². The van der Waals surface area contributed by atoms with Crippen molar-refractivity contribution in [1.82, 2.24) is 15.1 Å². The predicted molar refractivity (Wildman–Crippen MR) is 77.4 cm³/mol. The van der Waals surface area contributed by atoms with E-state index < -0.39 is 0 Å². The Morgan fingerprint density at radius 2 is 2.20 bits per heavy atom. The number of carbonyl (C=O) groups excluding carboxylic acids is 1. The summed E-state index contributed by atoms with van der Waals surface area (Å²) >= 11 is 0. The van der Waals surface area contributed by atoms with E-state index in [2.05, 4.69) is 17.1 Å². The molecule has 0 bridgehead atoms. The third-order valence-electron chi connectivity index (χ3n) is 4.02. The van der Waals surface area contributed by atoms with Gasteiger partial charge in [0, 0.05) is 24.7 Å². The smallest absolute Gasteiger partial charge is 0.227 e. The number of aromatic nitrogens is 2. The van der Waals surface area contributed by atoms with E-state index in [0.29, 0.717) is 12.3 Å². The fraction of sp³-hybridized carbons (Fsp3) is 0.375. The summed E-state index contributed by atoms with van der Waals surface area (Å²) in [4.78, 5) is 14.3. The van der Waals surface area contributed by atoms with Crippen LogP contribution in [0.5, 0.6) is 0 Å². The average molecular weight is 269 g/mol. The standard InChI is InChI=1S/C16H19N3O/c1-12-10-17-18-16(12)14-7-8-19(11-14)15(20)9-13-5-3-2-4-6-13/h2-6,10,14H,7-9,11H2,1H3,(H,17,18)/t14-/m1/s1. The van der Waals surface area contributed by atoms with Crippen LogP contribution in [0.2, 0.25) is 0 Å². The Kier molecular flexibility index (Phi) is 3.54. The summed E-state index contributed by atoms with van der Waals surface area (Å²) in [6.45, 7) is 3.71. The first kappa shape index (κ1) is 12.9. The van der Waals surface area contributed by atoms with Gasteiger partial charge >= 0.3 is 0 Å². The summed E-state index contributed by atoms with van der Waals surface area (Å²) in [5.41, 5.74) is 3.45. The number of aromatic amines is 1. The molecule has 1 aliphatic rings. The lowest BCUT2D eigenvalue weighted by molar-refractivity contribution is -0.129. The molecule has 0 saturated carbocycles. The average Bonchev–Trinajstić information content (AvgIpc) is 3.08. The summed E-state index contributed by atoms with van der Waals surface area (Å²) in [6, 6.07) is 9.93. The molecule has 1 aromatic carbocycles. The lowest BCUT2D eigenvalue weighted by Gasteiger charge is -2.16. The van der Waals surface area contributed by atoms with Gasteiger partial charge in [0.05, 0.1) is 12.6 Å². The first-order valence-corrected chi connectivity index (χ1v) is 7.05. The van der Waals surface area contributed by atoms with Crippen LogP contribution in [0, 0.1) is 6.92 Å². The van der Waals surface area contributed by atoms with Crippen LogP contribution in [0.4, 0.5) is 0 Å². The number of hydrogen-bond donors (Lipinski definition) is 1. The molecule has 3 rings (SSSR count). The topological polar surface area (TPSA) is 49.0 Å². The maximum atomic E-state index is 12.3. The van der Waals surface area contributed by atoms with Crippen molar-refractivity contribution in [2.24, 2.45) is 0 Å². The highest BCUT2D eigenvalue weighted by molar-refractivity contribution is 5.79. The molecule has 4 nitrogen and oxygen atoms in total. The Hall–Kier alpha value is -2.10. The number of amides is 1. The monoisotopic (exact) mass is 269 g/mol. The molecule has 1 N–H and O–H groups in total. The van der Waals surface area contributed by atoms with Crippen molar-refractivity contribution in [2.45, 2.75) is 25.7 Å². The van der Waals surface area contributed by atoms with E-state index in [1.807, 2.05) is 41.4 Å². The number of likely N-dealkylation sites (tertiary alicyclic amines) is 1. The number of rotatable bonds is 3. The molecule has 104 valence electrons. The van der Waals surface area contributed by atoms with E-state index >= 15 is 0 Å². The number of nitrogens with zero attached hydrogens (tertiary/aromatic N) is 2. The number of aryl methyl sites for hydroxylation is 1. The zero-order valence-corrected chi connectivity index (χ0v) is 11.7. The lowest BCUT2D eigenvalue weighted by Crippen LogP contribution is -2.29. The van der Waals surface area contributed by atoms with Crippen molar-refractivity contribution in [3.05, 3.63) is 53.3 Å². The minimum Gasteiger partial charge on any atom is -0.342 e. The SMILES string of the molecule is Cc1cn[nH]c1[C@@H]1CCN(C(=O)Cc2ccccc2)C1. The second kappa shape index (κ2) is 5.49. The summed E-state index contributed by atoms with van der Waals surface area (Å²) in [5.74, 6) is 0.619. The lowest BCUT2D eigenvalue weighted by atomic mass is 10.0. The van der Waals surface area contributed by atoms with Crippen LogP contribution in [0.25, 0.3) is 0 Å². The van der Waals surface area contributed by atoms with E-state index in [9.17, 15) is 4.79 Å². The molecule has 0 aliphatic carbocycles. The molecule has 1 fully saturated rings. The molecule has 0 unspecified atom stereocenters. The summed E-state index contributed by atoms with van der Waals surface area (Å²) < 4.78 is 0. The third kappa shape index (κ3) is 2.59. The van der Waals surface area contributed by atoms with Crippen LogP contribution in [-0.4, -0.2) is 34.1 Å². The number of carbonyl (C=O) groups is 1. The molecular formula is C16H19N3O. The van der Waals surface area contributed by atoms with E-state index in [1.54, 1.807) is 0 Å². The van der Waals surface area contributed by atoms with Gasteiger partial charge in [-0.15, -0.1) is 0 Å². The fourth-order valence-corrected chi connectivity index (χ4v) is 2.87. The van der Waals surface area contributed by atoms with Gasteiger partial charge in [0.1, 0.15) is 0 Å². The third-order valence-corrected chi connectivity index (χ3v) is 4.02. The van der Waals surface area contributed by atoms with Gasteiger partial charge in [-0.1, -0.05) is 30.3 Å². The molecule has 1 aliphatic heterocycles. The molecule has 1 aromatic heterocycles. The van der Waals surface area contributed by atoms with Crippen LogP contribution in [0.3, 0.4) is 0 Å². The molecule has 20 heavy (non-hydrogen) atoms. The van der Waals surface area contributed by atoms with Crippen LogP contribution >= 0.6 is 0 Å². The first-order valence-electron chi connectivity index (χ1n) is 7.05. The van der Waals surface area contributed by atoms with E-state index in [0.717, 1.165) is 25.1 Å². The molecule has 1 saturated heterocycles. The zero-order valence-electron chi connectivity index (χ0n) is 11.7. The Bertz CT molecular complexity index is 591. The summed E-state index contributed by atoms with van der Waals surface area (Å²) in [5, 5.41) is 7.14. The predicted octanol–water partition coefficient (Wildman–Crippen LogP) is 2.28. The highest BCUT2D eigenvalue weighted by Crippen LogP contribution is 2.28. The largest absolute Gasteiger partial charge is 0.342 e. The minimum absolute atomic E-state index is 0.218. The van der Waals surface area contributed by atoms with Gasteiger partial charge in [0.15, 0.2) is 0 Å². The molecule has 2 heterocycles. The maximum Gasteiger partial charge on any atom is 0.227 e. The van der Waals surface area contributed by atoms with Crippen LogP contribution in [-0.2, 0) is 11.2 Å². The second-order valence-corrected chi connectivity index (χ2v) is 5.45. The Morgan fingerprint density at radius 1 is 1.40 bits per heavy atom. The van der Waals surface area contributed by atoms with E-state index in [1.165, 1.54) is 11.3 Å². The molecule has 4 heteroatoms. The minimum atomic E-state index is 0.218. The van der Waals surface area contributed by atoms with Gasteiger partial charge in [-0.3, -0.25) is 9.89 Å². The molecule has 0 spiro atoms. The first-order chi connectivity index (χ1) is 9.74. The van der Waals surface area contributed by atoms with Crippen molar-refractivity contribution in [3.63, 3.8) is 0 Å². The quantitative estimate of drug-likeness (QED) is 0.929. The van der Waals surface area contributed by atoms with Gasteiger partial charge < -0.3 is 4.90 Å². The van der Waals surface area contributed by atoms with Crippen molar-refractivity contribution in [3.8, 4) is 0 Å². The highest BCUT2D eigenvalue weighted by Gasteiger charge is 2.28. The molecular weight excluding hydrogens is 250 g/mol. The Balaban J connectivity index is 1.63. The van der Waals surface area contributed by atoms with Gasteiger partial charge in [-0.05, 0) is 24.5 Å². The van der Waals surface area contributed by atoms with Gasteiger partial charge in [0.25, 0.3) is 0 Å². The van der Waals surface area contributed by atoms with Crippen molar-refractivity contribution in [2.75, 3.05) is 13.1 Å². The van der Waals surface area contributed by atoms with Gasteiger partial charge in [-0.2, -0.15) is 5.10 Å². The van der Waals surface area contributed by atoms with Crippen molar-refractivity contribution in [1.29, 1.82) is 0 Å². The summed E-state index contributed by atoms with van der Waals surface area (Å²) in [7, 11) is 0. The molecule has 0 radical (unpaired) electrons. The molecule has 1 atom stereocenters. The van der Waals surface area contributed by atoms with Crippen molar-refractivity contribution < 1.29 is 4.79 Å². The van der Waals surface area contributed by atoms with Crippen LogP contribution < -0.4 is 0 Å². The number of H-pyrrole nitrogens is 1. The number of hydrogen-bond acceptors (Lipinski definition) is 2. The van der Waals surface area contributed by atoms with Crippen LogP contribution in [0.1, 0.15) is 29.2 Å². The van der Waals surface area contributed by atoms with E-state index in [-0.39, 0.29) is 5.91 Å². The Labute approximate surface area is 118 Å². The maximum absolute atomic E-state index is 12.3. The van der Waals surface area contributed by atoms with Gasteiger partial charge in [0.2, 0.25) is 5.91 Å². The van der Waals surface area contributed by atoms with Crippen LogP contribution in [0.15, 0.2) is 36.5 Å². The highest BCUT2D eigenvalue weighted by atomic mass is 16.2. The van der Waals surface area contributed by atoms with Crippen molar-refractivity contribution >= 4 is 5.91 Å². The summed E-state index contributed by atoms with van der Waals surface area (Å²) in [6.07, 6.45) is 3.36. The van der Waals surface area contributed by atoms with Gasteiger partial charge in [-0.25, -0.2) is 0 Å².